The molecule has 2 aromatic rings. The van der Waals surface area contributed by atoms with Crippen LogP contribution in [0.3, 0.4) is 0 Å². The van der Waals surface area contributed by atoms with Crippen LogP contribution in [0.15, 0.2) is 18.2 Å². The van der Waals surface area contributed by atoms with Crippen LogP contribution in [0.2, 0.25) is 0 Å². The van der Waals surface area contributed by atoms with Gasteiger partial charge in [-0.25, -0.2) is 9.37 Å². The number of aliphatic hydroxyl groups is 2. The molecule has 6 heteroatoms. The van der Waals surface area contributed by atoms with E-state index in [1.165, 1.54) is 12.1 Å². The number of likely N-dealkylation sites (N-methyl/N-ethyl adjacent to an activating group) is 1. The highest BCUT2D eigenvalue weighted by Crippen LogP contribution is 2.18. The molecule has 0 spiro atoms. The van der Waals surface area contributed by atoms with Crippen molar-refractivity contribution in [3.05, 3.63) is 29.8 Å². The molecular weight excluding hydrogens is 249 g/mol. The Morgan fingerprint density at radius 1 is 1.32 bits per heavy atom. The normalized spacial score (nSPS) is 11.6. The highest BCUT2D eigenvalue weighted by atomic mass is 19.1. The predicted octanol–water partition coefficient (Wildman–Crippen LogP) is 0.592. The van der Waals surface area contributed by atoms with E-state index in [0.29, 0.717) is 25.2 Å². The highest BCUT2D eigenvalue weighted by molar-refractivity contribution is 5.76. The molecule has 0 aliphatic rings. The Morgan fingerprint density at radius 3 is 2.79 bits per heavy atom. The van der Waals surface area contributed by atoms with Gasteiger partial charge in [0.05, 0.1) is 30.8 Å². The summed E-state index contributed by atoms with van der Waals surface area (Å²) in [6, 6.07) is 4.45. The molecule has 2 rings (SSSR count). The number of fused-ring (bicyclic) bond motifs is 1. The van der Waals surface area contributed by atoms with E-state index in [4.69, 9.17) is 10.2 Å². The maximum atomic E-state index is 13.2. The number of aliphatic hydroxyl groups excluding tert-OH is 2. The Balaban J connectivity index is 2.38. The number of rotatable bonds is 6. The quantitative estimate of drug-likeness (QED) is 0.804. The molecule has 0 saturated heterocycles. The van der Waals surface area contributed by atoms with Crippen LogP contribution in [0.25, 0.3) is 11.0 Å². The number of hydrogen-bond acceptors (Lipinski definition) is 4. The lowest BCUT2D eigenvalue weighted by atomic mass is 10.3. The van der Waals surface area contributed by atoms with Crippen LogP contribution in [0.5, 0.6) is 0 Å². The van der Waals surface area contributed by atoms with Crippen molar-refractivity contribution in [1.29, 1.82) is 0 Å². The monoisotopic (exact) mass is 267 g/mol. The van der Waals surface area contributed by atoms with E-state index < -0.39 is 0 Å². The summed E-state index contributed by atoms with van der Waals surface area (Å²) in [5.41, 5.74) is 1.39. The zero-order chi connectivity index (χ0) is 13.8. The van der Waals surface area contributed by atoms with Gasteiger partial charge in [0.15, 0.2) is 0 Å². The van der Waals surface area contributed by atoms with E-state index >= 15 is 0 Å². The van der Waals surface area contributed by atoms with Crippen molar-refractivity contribution in [2.24, 2.45) is 0 Å². The first-order valence-corrected chi connectivity index (χ1v) is 6.20. The first kappa shape index (κ1) is 13.9. The minimum Gasteiger partial charge on any atom is -0.395 e. The number of hydrogen-bond donors (Lipinski definition) is 2. The molecule has 19 heavy (non-hydrogen) atoms. The average Bonchev–Trinajstić information content (AvgIpc) is 2.67. The van der Waals surface area contributed by atoms with E-state index in [2.05, 4.69) is 4.98 Å². The van der Waals surface area contributed by atoms with Gasteiger partial charge in [-0.3, -0.25) is 4.90 Å². The summed E-state index contributed by atoms with van der Waals surface area (Å²) in [6.07, 6.45) is 0. The van der Waals surface area contributed by atoms with Gasteiger partial charge in [0.2, 0.25) is 0 Å². The van der Waals surface area contributed by atoms with Crippen LogP contribution in [0, 0.1) is 5.82 Å². The SMILES string of the molecule is CN(CCO)Cc1nc2cc(F)ccc2n1CCO. The molecule has 104 valence electrons. The second-order valence-electron chi connectivity index (χ2n) is 4.50. The van der Waals surface area contributed by atoms with Crippen molar-refractivity contribution in [3.63, 3.8) is 0 Å². The van der Waals surface area contributed by atoms with Crippen molar-refractivity contribution in [2.45, 2.75) is 13.1 Å². The van der Waals surface area contributed by atoms with Crippen molar-refractivity contribution in [3.8, 4) is 0 Å². The van der Waals surface area contributed by atoms with Gasteiger partial charge < -0.3 is 14.8 Å². The van der Waals surface area contributed by atoms with E-state index in [0.717, 1.165) is 11.3 Å². The topological polar surface area (TPSA) is 61.5 Å². The Kier molecular flexibility index (Phi) is 4.47. The van der Waals surface area contributed by atoms with E-state index in [9.17, 15) is 4.39 Å². The van der Waals surface area contributed by atoms with Crippen LogP contribution in [-0.4, -0.2) is 51.5 Å². The van der Waals surface area contributed by atoms with Crippen LogP contribution in [0.1, 0.15) is 5.82 Å². The Labute approximate surface area is 110 Å². The molecule has 0 amide bonds. The standard InChI is InChI=1S/C13H18FN3O2/c1-16(4-6-18)9-13-15-11-8-10(14)2-3-12(11)17(13)5-7-19/h2-3,8,18-19H,4-7,9H2,1H3. The van der Waals surface area contributed by atoms with Gasteiger partial charge in [0.1, 0.15) is 11.6 Å². The molecular formula is C13H18FN3O2. The molecule has 0 saturated carbocycles. The van der Waals surface area contributed by atoms with E-state index in [1.807, 2.05) is 16.5 Å². The van der Waals surface area contributed by atoms with Crippen molar-refractivity contribution < 1.29 is 14.6 Å². The van der Waals surface area contributed by atoms with Gasteiger partial charge in [-0.05, 0) is 19.2 Å². The largest absolute Gasteiger partial charge is 0.395 e. The van der Waals surface area contributed by atoms with Crippen LogP contribution < -0.4 is 0 Å². The van der Waals surface area contributed by atoms with Gasteiger partial charge in [-0.1, -0.05) is 0 Å². The molecule has 5 nitrogen and oxygen atoms in total. The van der Waals surface area contributed by atoms with E-state index in [1.54, 1.807) is 6.07 Å². The molecule has 1 heterocycles. The smallest absolute Gasteiger partial charge is 0.125 e. The lowest BCUT2D eigenvalue weighted by Crippen LogP contribution is -2.24. The minimum absolute atomic E-state index is 0.000446. The fourth-order valence-electron chi connectivity index (χ4n) is 2.11. The molecule has 0 atom stereocenters. The maximum absolute atomic E-state index is 13.2. The second kappa shape index (κ2) is 6.10. The number of aromatic nitrogens is 2. The molecule has 0 unspecified atom stereocenters. The summed E-state index contributed by atoms with van der Waals surface area (Å²) in [5.74, 6) is 0.432. The zero-order valence-corrected chi connectivity index (χ0v) is 10.9. The summed E-state index contributed by atoms with van der Waals surface area (Å²) < 4.78 is 15.1. The minimum atomic E-state index is -0.323. The van der Waals surface area contributed by atoms with E-state index in [-0.39, 0.29) is 19.0 Å². The highest BCUT2D eigenvalue weighted by Gasteiger charge is 2.12. The molecule has 0 radical (unpaired) electrons. The predicted molar refractivity (Wildman–Crippen MR) is 70.2 cm³/mol. The number of halogens is 1. The molecule has 1 aromatic heterocycles. The molecule has 2 N–H and O–H groups in total. The first-order chi connectivity index (χ1) is 9.15. The van der Waals surface area contributed by atoms with Gasteiger partial charge in [0, 0.05) is 19.2 Å². The van der Waals surface area contributed by atoms with Gasteiger partial charge >= 0.3 is 0 Å². The summed E-state index contributed by atoms with van der Waals surface area (Å²) in [5, 5.41) is 18.0. The summed E-state index contributed by atoms with van der Waals surface area (Å²) in [7, 11) is 1.87. The lowest BCUT2D eigenvalue weighted by molar-refractivity contribution is 0.211. The Hall–Kier alpha value is -1.50. The molecule has 0 aliphatic heterocycles. The maximum Gasteiger partial charge on any atom is 0.125 e. The third kappa shape index (κ3) is 3.09. The molecule has 0 bridgehead atoms. The third-order valence-electron chi connectivity index (χ3n) is 3.01. The number of imidazole rings is 1. The Bertz CT molecular complexity index is 556. The van der Waals surface area contributed by atoms with Crippen molar-refractivity contribution >= 4 is 11.0 Å². The lowest BCUT2D eigenvalue weighted by Gasteiger charge is -2.15. The summed E-state index contributed by atoms with van der Waals surface area (Å²) in [4.78, 5) is 6.32. The van der Waals surface area contributed by atoms with Gasteiger partial charge in [-0.2, -0.15) is 0 Å². The second-order valence-corrected chi connectivity index (χ2v) is 4.50. The van der Waals surface area contributed by atoms with Gasteiger partial charge in [-0.15, -0.1) is 0 Å². The molecule has 0 aliphatic carbocycles. The van der Waals surface area contributed by atoms with Crippen molar-refractivity contribution in [2.75, 3.05) is 26.8 Å². The summed E-state index contributed by atoms with van der Waals surface area (Å²) >= 11 is 0. The zero-order valence-electron chi connectivity index (χ0n) is 10.9. The number of benzene rings is 1. The van der Waals surface area contributed by atoms with Crippen LogP contribution in [0.4, 0.5) is 4.39 Å². The fraction of sp³-hybridized carbons (Fsp3) is 0.462. The first-order valence-electron chi connectivity index (χ1n) is 6.20. The third-order valence-corrected chi connectivity index (χ3v) is 3.01. The summed E-state index contributed by atoms with van der Waals surface area (Å²) in [6.45, 7) is 1.57. The average molecular weight is 267 g/mol. The van der Waals surface area contributed by atoms with Crippen LogP contribution in [-0.2, 0) is 13.1 Å². The molecule has 0 fully saturated rings. The molecule has 1 aromatic carbocycles. The fourth-order valence-corrected chi connectivity index (χ4v) is 2.11. The van der Waals surface area contributed by atoms with Gasteiger partial charge in [0.25, 0.3) is 0 Å². The Morgan fingerprint density at radius 2 is 2.11 bits per heavy atom. The number of nitrogens with zero attached hydrogens (tertiary/aromatic N) is 3. The van der Waals surface area contributed by atoms with Crippen LogP contribution >= 0.6 is 0 Å². The van der Waals surface area contributed by atoms with Crippen molar-refractivity contribution in [1.82, 2.24) is 14.5 Å².